The van der Waals surface area contributed by atoms with Gasteiger partial charge in [0.05, 0.1) is 5.56 Å². The van der Waals surface area contributed by atoms with E-state index in [9.17, 15) is 40.2 Å². The predicted octanol–water partition coefficient (Wildman–Crippen LogP) is -0.0554. The van der Waals surface area contributed by atoms with Gasteiger partial charge in [0.1, 0.15) is 36.8 Å². The number of carbonyl (C=O) groups excluding carboxylic acids is 1. The van der Waals surface area contributed by atoms with Crippen LogP contribution in [0.4, 0.5) is 0 Å². The second-order valence-corrected chi connectivity index (χ2v) is 7.33. The maximum absolute atomic E-state index is 12.2. The number of aromatic hydroxyl groups is 3. The minimum Gasteiger partial charge on any atom is -0.504 e. The summed E-state index contributed by atoms with van der Waals surface area (Å²) in [6, 6.07) is 7.72. The number of esters is 1. The number of phenolic OH excluding ortho intramolecular Hbond substituents is 3. The van der Waals surface area contributed by atoms with Crippen LogP contribution < -0.4 is 4.74 Å². The molecule has 2 aromatic rings. The standard InChI is InChI=1S/C22H22O12/c23-13-7-11(8-14(24)17(13)27)21(31)32-9-15-18(28)19(29)20(30)22(34-15)33-12-4-1-10(2-5-12)3-6-16(25)26/h1-8,15,18-20,22-24,27-30H,9H2,(H,25,26)/b6-3-/t15-,18-,19+,20-,22-/m1/s1. The van der Waals surface area contributed by atoms with Gasteiger partial charge in [-0.1, -0.05) is 12.1 Å². The third-order valence-electron chi connectivity index (χ3n) is 4.90. The first-order valence-corrected chi connectivity index (χ1v) is 9.86. The minimum absolute atomic E-state index is 0.200. The predicted molar refractivity (Wildman–Crippen MR) is 112 cm³/mol. The van der Waals surface area contributed by atoms with Gasteiger partial charge in [-0.05, 0) is 35.9 Å². The Morgan fingerprint density at radius 1 is 0.941 bits per heavy atom. The Labute approximate surface area is 192 Å². The smallest absolute Gasteiger partial charge is 0.338 e. The Morgan fingerprint density at radius 3 is 2.15 bits per heavy atom. The molecule has 0 saturated carbocycles. The van der Waals surface area contributed by atoms with Crippen molar-refractivity contribution in [2.45, 2.75) is 30.7 Å². The summed E-state index contributed by atoms with van der Waals surface area (Å²) in [6.07, 6.45) is -5.46. The van der Waals surface area contributed by atoms with Gasteiger partial charge in [0.15, 0.2) is 17.2 Å². The molecule has 0 aromatic heterocycles. The van der Waals surface area contributed by atoms with Crippen LogP contribution in [-0.4, -0.2) is 85.0 Å². The SMILES string of the molecule is O=C(O)/C=C\c1ccc(O[C@@H]2O[C@H](COC(=O)c3cc(O)c(O)c(O)c3)[C@@H](O)[C@H](O)[C@H]2O)cc1. The van der Waals surface area contributed by atoms with Crippen molar-refractivity contribution in [2.24, 2.45) is 0 Å². The molecule has 1 heterocycles. The third-order valence-corrected chi connectivity index (χ3v) is 4.90. The zero-order valence-corrected chi connectivity index (χ0v) is 17.4. The van der Waals surface area contributed by atoms with E-state index >= 15 is 0 Å². The van der Waals surface area contributed by atoms with Crippen LogP contribution in [0.3, 0.4) is 0 Å². The fraction of sp³-hybridized carbons (Fsp3) is 0.273. The number of rotatable bonds is 7. The van der Waals surface area contributed by atoms with Crippen molar-refractivity contribution in [3.8, 4) is 23.0 Å². The highest BCUT2D eigenvalue weighted by molar-refractivity contribution is 5.91. The first-order chi connectivity index (χ1) is 16.1. The zero-order valence-electron chi connectivity index (χ0n) is 17.4. The van der Waals surface area contributed by atoms with E-state index in [-0.39, 0.29) is 11.3 Å². The van der Waals surface area contributed by atoms with E-state index in [1.165, 1.54) is 30.3 Å². The Kier molecular flexibility index (Phi) is 7.58. The Hall–Kier alpha value is -3.84. The van der Waals surface area contributed by atoms with Gasteiger partial charge in [0, 0.05) is 6.08 Å². The molecule has 0 spiro atoms. The zero-order chi connectivity index (χ0) is 25.0. The number of ether oxygens (including phenoxy) is 3. The quantitative estimate of drug-likeness (QED) is 0.159. The van der Waals surface area contributed by atoms with Gasteiger partial charge in [0.2, 0.25) is 6.29 Å². The summed E-state index contributed by atoms with van der Waals surface area (Å²) < 4.78 is 16.0. The number of carboxylic acids is 1. The molecule has 1 saturated heterocycles. The summed E-state index contributed by atoms with van der Waals surface area (Å²) in [5, 5.41) is 67.6. The topological polar surface area (TPSA) is 203 Å². The number of aliphatic hydroxyl groups is 3. The van der Waals surface area contributed by atoms with Gasteiger partial charge in [-0.2, -0.15) is 0 Å². The first kappa shape index (κ1) is 24.8. The summed E-state index contributed by atoms with van der Waals surface area (Å²) >= 11 is 0. The van der Waals surface area contributed by atoms with Gasteiger partial charge in [-0.3, -0.25) is 0 Å². The number of carboxylic acid groups (broad SMARTS) is 1. The lowest BCUT2D eigenvalue weighted by Crippen LogP contribution is -2.60. The summed E-state index contributed by atoms with van der Waals surface area (Å²) in [5.41, 5.74) is 0.259. The average Bonchev–Trinajstić information content (AvgIpc) is 2.81. The maximum atomic E-state index is 12.2. The van der Waals surface area contributed by atoms with Crippen molar-refractivity contribution in [2.75, 3.05) is 6.61 Å². The fourth-order valence-electron chi connectivity index (χ4n) is 3.07. The molecule has 0 aliphatic carbocycles. The van der Waals surface area contributed by atoms with Crippen LogP contribution in [0.1, 0.15) is 15.9 Å². The van der Waals surface area contributed by atoms with Gasteiger partial charge < -0.3 is 50.0 Å². The molecule has 34 heavy (non-hydrogen) atoms. The van der Waals surface area contributed by atoms with Gasteiger partial charge >= 0.3 is 11.9 Å². The number of carbonyl (C=O) groups is 2. The molecular formula is C22H22O12. The lowest BCUT2D eigenvalue weighted by molar-refractivity contribution is -0.277. The second-order valence-electron chi connectivity index (χ2n) is 7.33. The minimum atomic E-state index is -1.71. The van der Waals surface area contributed by atoms with Crippen LogP contribution in [-0.2, 0) is 14.3 Å². The molecule has 0 amide bonds. The summed E-state index contributed by atoms with van der Waals surface area (Å²) in [6.45, 7) is -0.592. The van der Waals surface area contributed by atoms with Crippen molar-refractivity contribution in [1.82, 2.24) is 0 Å². The Morgan fingerprint density at radius 2 is 1.56 bits per heavy atom. The number of benzene rings is 2. The van der Waals surface area contributed by atoms with Gasteiger partial charge in [0.25, 0.3) is 0 Å². The lowest BCUT2D eigenvalue weighted by Gasteiger charge is -2.39. The van der Waals surface area contributed by atoms with Crippen LogP contribution in [0, 0.1) is 0 Å². The van der Waals surface area contributed by atoms with Gasteiger partial charge in [-0.25, -0.2) is 9.59 Å². The van der Waals surface area contributed by atoms with Gasteiger partial charge in [-0.15, -0.1) is 0 Å². The Bertz CT molecular complexity index is 1040. The van der Waals surface area contributed by atoms with E-state index in [0.29, 0.717) is 5.56 Å². The molecular weight excluding hydrogens is 456 g/mol. The molecule has 1 aliphatic rings. The molecule has 0 unspecified atom stereocenters. The van der Waals surface area contributed by atoms with Crippen LogP contribution >= 0.6 is 0 Å². The number of aliphatic carboxylic acids is 1. The van der Waals surface area contributed by atoms with Crippen LogP contribution in [0.15, 0.2) is 42.5 Å². The average molecular weight is 478 g/mol. The molecule has 3 rings (SSSR count). The number of hydrogen-bond donors (Lipinski definition) is 7. The maximum Gasteiger partial charge on any atom is 0.338 e. The number of aliphatic hydroxyl groups excluding tert-OH is 3. The molecule has 182 valence electrons. The van der Waals surface area contributed by atoms with Crippen molar-refractivity contribution in [3.05, 3.63) is 53.6 Å². The van der Waals surface area contributed by atoms with Crippen molar-refractivity contribution in [1.29, 1.82) is 0 Å². The third kappa shape index (κ3) is 5.74. The monoisotopic (exact) mass is 478 g/mol. The van der Waals surface area contributed by atoms with E-state index in [0.717, 1.165) is 18.2 Å². The van der Waals surface area contributed by atoms with E-state index in [1.807, 2.05) is 0 Å². The van der Waals surface area contributed by atoms with Crippen LogP contribution in [0.2, 0.25) is 0 Å². The highest BCUT2D eigenvalue weighted by Gasteiger charge is 2.45. The molecule has 12 heteroatoms. The normalized spacial score (nSPS) is 24.6. The van der Waals surface area contributed by atoms with E-state index in [4.69, 9.17) is 19.3 Å². The first-order valence-electron chi connectivity index (χ1n) is 9.86. The molecule has 7 N–H and O–H groups in total. The van der Waals surface area contributed by atoms with E-state index in [1.54, 1.807) is 0 Å². The highest BCUT2D eigenvalue weighted by Crippen LogP contribution is 2.35. The highest BCUT2D eigenvalue weighted by atomic mass is 16.7. The van der Waals surface area contributed by atoms with Crippen molar-refractivity contribution in [3.63, 3.8) is 0 Å². The lowest BCUT2D eigenvalue weighted by atomic mass is 9.99. The molecule has 1 fully saturated rings. The molecule has 1 aliphatic heterocycles. The Balaban J connectivity index is 1.65. The molecule has 0 radical (unpaired) electrons. The number of phenols is 3. The van der Waals surface area contributed by atoms with Crippen LogP contribution in [0.5, 0.6) is 23.0 Å². The molecule has 0 bridgehead atoms. The van der Waals surface area contributed by atoms with Crippen molar-refractivity contribution >= 4 is 18.0 Å². The summed E-state index contributed by atoms with van der Waals surface area (Å²) in [4.78, 5) is 22.8. The molecule has 5 atom stereocenters. The fourth-order valence-corrected chi connectivity index (χ4v) is 3.07. The molecule has 2 aromatic carbocycles. The summed E-state index contributed by atoms with van der Waals surface area (Å²) in [5.74, 6) is -4.27. The number of hydrogen-bond acceptors (Lipinski definition) is 11. The van der Waals surface area contributed by atoms with E-state index in [2.05, 4.69) is 0 Å². The van der Waals surface area contributed by atoms with E-state index < -0.39 is 66.5 Å². The largest absolute Gasteiger partial charge is 0.504 e. The van der Waals surface area contributed by atoms with Crippen LogP contribution in [0.25, 0.3) is 6.08 Å². The summed E-state index contributed by atoms with van der Waals surface area (Å²) in [7, 11) is 0. The second kappa shape index (κ2) is 10.4. The van der Waals surface area contributed by atoms with Crippen molar-refractivity contribution < 1.29 is 59.5 Å². The molecule has 12 nitrogen and oxygen atoms in total.